The lowest BCUT2D eigenvalue weighted by atomic mass is 10.0. The number of nitrogens with one attached hydrogen (secondary N) is 1. The number of aromatic nitrogens is 1. The second-order valence-corrected chi connectivity index (χ2v) is 7.36. The summed E-state index contributed by atoms with van der Waals surface area (Å²) in [5.41, 5.74) is 5.98. The van der Waals surface area contributed by atoms with Gasteiger partial charge in [0.05, 0.1) is 5.01 Å². The lowest BCUT2D eigenvalue weighted by Gasteiger charge is -2.33. The molecule has 3 rings (SSSR count). The van der Waals surface area contributed by atoms with Crippen LogP contribution in [0.1, 0.15) is 33.9 Å². The van der Waals surface area contributed by atoms with Crippen molar-refractivity contribution in [3.8, 4) is 0 Å². The number of piperidine rings is 1. The summed E-state index contributed by atoms with van der Waals surface area (Å²) in [6.07, 6.45) is 2.35. The second-order valence-electron chi connectivity index (χ2n) is 6.41. The molecule has 0 radical (unpaired) electrons. The number of nitrogens with two attached hydrogens (primary N) is 1. The topological polar surface area (TPSA) is 71.2 Å². The van der Waals surface area contributed by atoms with Crippen LogP contribution >= 0.6 is 36.2 Å². The van der Waals surface area contributed by atoms with Crippen molar-refractivity contribution < 1.29 is 13.6 Å². The summed E-state index contributed by atoms with van der Waals surface area (Å²) in [6, 6.07) is 3.83. The van der Waals surface area contributed by atoms with Crippen LogP contribution in [0.2, 0.25) is 0 Å². The van der Waals surface area contributed by atoms with Crippen molar-refractivity contribution in [2.75, 3.05) is 19.6 Å². The SMILES string of the molecule is Cl.Cl.NCCc1nc(C(=O)NC2CCCN(Cc3c(F)cccc3F)C2)cs1. The Labute approximate surface area is 179 Å². The van der Waals surface area contributed by atoms with Gasteiger partial charge in [0.25, 0.3) is 5.91 Å². The van der Waals surface area contributed by atoms with Gasteiger partial charge in [-0.25, -0.2) is 13.8 Å². The van der Waals surface area contributed by atoms with E-state index in [0.717, 1.165) is 24.4 Å². The number of amides is 1. The first kappa shape index (κ1) is 24.7. The summed E-state index contributed by atoms with van der Waals surface area (Å²) in [4.78, 5) is 18.6. The van der Waals surface area contributed by atoms with E-state index in [1.807, 2.05) is 4.90 Å². The van der Waals surface area contributed by atoms with Crippen molar-refractivity contribution in [2.45, 2.75) is 31.8 Å². The molecular formula is C18H24Cl2F2N4OS. The first-order chi connectivity index (χ1) is 12.6. The van der Waals surface area contributed by atoms with Crippen LogP contribution in [-0.4, -0.2) is 41.5 Å². The number of hydrogen-bond acceptors (Lipinski definition) is 5. The standard InChI is InChI=1S/C18H22F2N4OS.2ClH/c19-14-4-1-5-15(20)13(14)10-24-8-2-3-12(9-24)22-18(25)16-11-26-17(23-16)6-7-21;;/h1,4-5,11-12H,2-3,6-10,21H2,(H,22,25);2*1H. The van der Waals surface area contributed by atoms with Gasteiger partial charge in [-0.05, 0) is 38.1 Å². The van der Waals surface area contributed by atoms with Crippen LogP contribution < -0.4 is 11.1 Å². The molecule has 1 aromatic carbocycles. The fraction of sp³-hybridized carbons (Fsp3) is 0.444. The maximum absolute atomic E-state index is 13.8. The summed E-state index contributed by atoms with van der Waals surface area (Å²) in [6.45, 7) is 2.00. The number of rotatable bonds is 6. The third-order valence-electron chi connectivity index (χ3n) is 4.43. The number of thiazole rings is 1. The first-order valence-electron chi connectivity index (χ1n) is 8.67. The van der Waals surface area contributed by atoms with E-state index in [4.69, 9.17) is 5.73 Å². The van der Waals surface area contributed by atoms with Crippen LogP contribution in [0.25, 0.3) is 0 Å². The maximum atomic E-state index is 13.8. The van der Waals surface area contributed by atoms with E-state index in [0.29, 0.717) is 25.2 Å². The highest BCUT2D eigenvalue weighted by Crippen LogP contribution is 2.19. The highest BCUT2D eigenvalue weighted by molar-refractivity contribution is 7.09. The van der Waals surface area contributed by atoms with Gasteiger partial charge in [0, 0.05) is 36.5 Å². The molecule has 0 bridgehead atoms. The van der Waals surface area contributed by atoms with Crippen molar-refractivity contribution in [2.24, 2.45) is 5.73 Å². The Balaban J connectivity index is 0.00000196. The molecule has 2 heterocycles. The summed E-state index contributed by atoms with van der Waals surface area (Å²) in [5, 5.41) is 5.56. The molecule has 1 atom stereocenters. The summed E-state index contributed by atoms with van der Waals surface area (Å²) in [5.74, 6) is -1.29. The summed E-state index contributed by atoms with van der Waals surface area (Å²) < 4.78 is 27.7. The average Bonchev–Trinajstić information content (AvgIpc) is 3.08. The van der Waals surface area contributed by atoms with Gasteiger partial charge in [0.15, 0.2) is 0 Å². The normalized spacial score (nSPS) is 16.8. The van der Waals surface area contributed by atoms with Crippen molar-refractivity contribution >= 4 is 42.1 Å². The Bertz CT molecular complexity index is 758. The predicted octanol–water partition coefficient (Wildman–Crippen LogP) is 3.16. The number of halogens is 4. The minimum Gasteiger partial charge on any atom is -0.347 e. The van der Waals surface area contributed by atoms with Gasteiger partial charge in [-0.3, -0.25) is 9.69 Å². The molecule has 1 saturated heterocycles. The van der Waals surface area contributed by atoms with Crippen molar-refractivity contribution in [3.63, 3.8) is 0 Å². The smallest absolute Gasteiger partial charge is 0.271 e. The van der Waals surface area contributed by atoms with Gasteiger partial charge in [-0.1, -0.05) is 6.07 Å². The molecule has 2 aromatic rings. The molecule has 156 valence electrons. The monoisotopic (exact) mass is 452 g/mol. The fourth-order valence-electron chi connectivity index (χ4n) is 3.14. The van der Waals surface area contributed by atoms with E-state index >= 15 is 0 Å². The number of benzene rings is 1. The zero-order valence-electron chi connectivity index (χ0n) is 15.2. The lowest BCUT2D eigenvalue weighted by Crippen LogP contribution is -2.47. The molecule has 5 nitrogen and oxygen atoms in total. The van der Waals surface area contributed by atoms with Crippen LogP contribution in [0.3, 0.4) is 0 Å². The van der Waals surface area contributed by atoms with Crippen LogP contribution in [0.15, 0.2) is 23.6 Å². The van der Waals surface area contributed by atoms with E-state index in [2.05, 4.69) is 10.3 Å². The summed E-state index contributed by atoms with van der Waals surface area (Å²) in [7, 11) is 0. The third kappa shape index (κ3) is 6.35. The molecule has 1 aliphatic heterocycles. The molecule has 0 saturated carbocycles. The number of likely N-dealkylation sites (tertiary alicyclic amines) is 1. The van der Waals surface area contributed by atoms with Gasteiger partial charge < -0.3 is 11.1 Å². The zero-order valence-corrected chi connectivity index (χ0v) is 17.6. The van der Waals surface area contributed by atoms with E-state index in [-0.39, 0.29) is 48.9 Å². The number of carbonyl (C=O) groups is 1. The Kier molecular flexibility index (Phi) is 10.3. The highest BCUT2D eigenvalue weighted by Gasteiger charge is 2.24. The van der Waals surface area contributed by atoms with Crippen molar-refractivity contribution in [1.82, 2.24) is 15.2 Å². The molecule has 0 spiro atoms. The molecule has 1 aliphatic rings. The Hall–Kier alpha value is -1.32. The molecule has 1 unspecified atom stereocenters. The van der Waals surface area contributed by atoms with E-state index in [9.17, 15) is 13.6 Å². The highest BCUT2D eigenvalue weighted by atomic mass is 35.5. The minimum absolute atomic E-state index is 0. The molecule has 1 fully saturated rings. The summed E-state index contributed by atoms with van der Waals surface area (Å²) >= 11 is 1.42. The average molecular weight is 453 g/mol. The van der Waals surface area contributed by atoms with Gasteiger partial charge >= 0.3 is 0 Å². The van der Waals surface area contributed by atoms with E-state index in [1.165, 1.54) is 29.5 Å². The van der Waals surface area contributed by atoms with Crippen LogP contribution in [0.4, 0.5) is 8.78 Å². The first-order valence-corrected chi connectivity index (χ1v) is 9.55. The molecule has 0 aliphatic carbocycles. The molecule has 28 heavy (non-hydrogen) atoms. The zero-order chi connectivity index (χ0) is 18.5. The molecular weight excluding hydrogens is 429 g/mol. The van der Waals surface area contributed by atoms with E-state index < -0.39 is 11.6 Å². The van der Waals surface area contributed by atoms with Gasteiger partial charge in [-0.2, -0.15) is 0 Å². The molecule has 1 amide bonds. The fourth-order valence-corrected chi connectivity index (χ4v) is 3.93. The molecule has 10 heteroatoms. The Morgan fingerprint density at radius 1 is 1.32 bits per heavy atom. The van der Waals surface area contributed by atoms with Crippen LogP contribution in [0.5, 0.6) is 0 Å². The number of hydrogen-bond donors (Lipinski definition) is 2. The van der Waals surface area contributed by atoms with Crippen molar-refractivity contribution in [1.29, 1.82) is 0 Å². The van der Waals surface area contributed by atoms with Crippen LogP contribution in [-0.2, 0) is 13.0 Å². The lowest BCUT2D eigenvalue weighted by molar-refractivity contribution is 0.0895. The van der Waals surface area contributed by atoms with Crippen molar-refractivity contribution in [3.05, 3.63) is 51.5 Å². The second kappa shape index (κ2) is 11.6. The van der Waals surface area contributed by atoms with Gasteiger partial charge in [0.2, 0.25) is 0 Å². The Morgan fingerprint density at radius 3 is 2.71 bits per heavy atom. The minimum atomic E-state index is -0.536. The number of carbonyl (C=O) groups excluding carboxylic acids is 1. The Morgan fingerprint density at radius 2 is 2.04 bits per heavy atom. The predicted molar refractivity (Wildman–Crippen MR) is 111 cm³/mol. The van der Waals surface area contributed by atoms with Gasteiger partial charge in [-0.15, -0.1) is 36.2 Å². The largest absolute Gasteiger partial charge is 0.347 e. The molecule has 1 aromatic heterocycles. The van der Waals surface area contributed by atoms with E-state index in [1.54, 1.807) is 5.38 Å². The quantitative estimate of drug-likeness (QED) is 0.705. The number of nitrogens with zero attached hydrogens (tertiary/aromatic N) is 2. The van der Waals surface area contributed by atoms with Gasteiger partial charge in [0.1, 0.15) is 17.3 Å². The van der Waals surface area contributed by atoms with Crippen LogP contribution in [0, 0.1) is 11.6 Å². The third-order valence-corrected chi connectivity index (χ3v) is 5.34. The molecule has 3 N–H and O–H groups in total. The maximum Gasteiger partial charge on any atom is 0.271 e.